The van der Waals surface area contributed by atoms with E-state index in [1.807, 2.05) is 30.0 Å². The zero-order chi connectivity index (χ0) is 16.7. The van der Waals surface area contributed by atoms with E-state index in [2.05, 4.69) is 17.4 Å². The van der Waals surface area contributed by atoms with E-state index in [1.54, 1.807) is 7.05 Å². The largest absolute Gasteiger partial charge is 0.341 e. The molecule has 0 unspecified atom stereocenters. The van der Waals surface area contributed by atoms with Crippen molar-refractivity contribution in [1.29, 1.82) is 0 Å². The topological polar surface area (TPSA) is 52.7 Å². The minimum Gasteiger partial charge on any atom is -0.341 e. The maximum atomic E-state index is 12.2. The van der Waals surface area contributed by atoms with Crippen LogP contribution in [0, 0.1) is 0 Å². The summed E-state index contributed by atoms with van der Waals surface area (Å²) in [6, 6.07) is 10.1. The molecule has 23 heavy (non-hydrogen) atoms. The highest BCUT2D eigenvalue weighted by atomic mass is 16.2. The van der Waals surface area contributed by atoms with E-state index in [0.29, 0.717) is 0 Å². The molecule has 3 amide bonds. The maximum absolute atomic E-state index is 12.2. The number of likely N-dealkylation sites (tertiary alicyclic amines) is 1. The molecule has 5 heteroatoms. The first kappa shape index (κ1) is 17.3. The molecule has 0 saturated carbocycles. The standard InChI is InChI=1S/C18H27N3O2/c1-15(10-11-16-8-4-3-5-9-16)19-18(23)20(2)14-17(22)21-12-6-7-13-21/h3-5,8-9,15H,6-7,10-14H2,1-2H3,(H,19,23)/t15-/m1/s1. The molecule has 1 N–H and O–H groups in total. The number of carbonyl (C=O) groups is 2. The monoisotopic (exact) mass is 317 g/mol. The molecule has 0 aromatic heterocycles. The molecular weight excluding hydrogens is 290 g/mol. The zero-order valence-corrected chi connectivity index (χ0v) is 14.1. The molecule has 126 valence electrons. The number of urea groups is 1. The summed E-state index contributed by atoms with van der Waals surface area (Å²) in [5, 5.41) is 2.96. The van der Waals surface area contributed by atoms with Gasteiger partial charge in [0, 0.05) is 26.2 Å². The summed E-state index contributed by atoms with van der Waals surface area (Å²) in [6.45, 7) is 3.79. The summed E-state index contributed by atoms with van der Waals surface area (Å²) in [7, 11) is 1.67. The molecule has 1 atom stereocenters. The number of rotatable bonds is 6. The van der Waals surface area contributed by atoms with Crippen LogP contribution in [-0.2, 0) is 11.2 Å². The first-order valence-corrected chi connectivity index (χ1v) is 8.39. The van der Waals surface area contributed by atoms with Gasteiger partial charge < -0.3 is 15.1 Å². The Hall–Kier alpha value is -2.04. The van der Waals surface area contributed by atoms with Gasteiger partial charge in [-0.05, 0) is 38.2 Å². The van der Waals surface area contributed by atoms with Crippen molar-refractivity contribution < 1.29 is 9.59 Å². The second-order valence-corrected chi connectivity index (χ2v) is 6.32. The van der Waals surface area contributed by atoms with Crippen molar-refractivity contribution in [2.24, 2.45) is 0 Å². The van der Waals surface area contributed by atoms with E-state index in [1.165, 1.54) is 10.5 Å². The van der Waals surface area contributed by atoms with Crippen molar-refractivity contribution in [3.63, 3.8) is 0 Å². The van der Waals surface area contributed by atoms with E-state index in [-0.39, 0.29) is 24.5 Å². The summed E-state index contributed by atoms with van der Waals surface area (Å²) in [5.41, 5.74) is 1.27. The van der Waals surface area contributed by atoms with Crippen molar-refractivity contribution in [3.8, 4) is 0 Å². The van der Waals surface area contributed by atoms with Gasteiger partial charge in [-0.1, -0.05) is 30.3 Å². The average Bonchev–Trinajstić information content (AvgIpc) is 3.08. The van der Waals surface area contributed by atoms with Crippen LogP contribution in [0.5, 0.6) is 0 Å². The van der Waals surface area contributed by atoms with E-state index >= 15 is 0 Å². The third kappa shape index (κ3) is 5.58. The molecule has 1 aromatic rings. The Morgan fingerprint density at radius 2 is 1.87 bits per heavy atom. The number of aryl methyl sites for hydroxylation is 1. The Labute approximate surface area is 138 Å². The summed E-state index contributed by atoms with van der Waals surface area (Å²) >= 11 is 0. The Morgan fingerprint density at radius 1 is 1.22 bits per heavy atom. The minimum absolute atomic E-state index is 0.0390. The third-order valence-corrected chi connectivity index (χ3v) is 4.26. The van der Waals surface area contributed by atoms with E-state index in [9.17, 15) is 9.59 Å². The maximum Gasteiger partial charge on any atom is 0.317 e. The summed E-state index contributed by atoms with van der Waals surface area (Å²) < 4.78 is 0. The van der Waals surface area contributed by atoms with Crippen molar-refractivity contribution >= 4 is 11.9 Å². The lowest BCUT2D eigenvalue weighted by atomic mass is 10.1. The fourth-order valence-corrected chi connectivity index (χ4v) is 2.76. The predicted octanol–water partition coefficient (Wildman–Crippen LogP) is 2.27. The van der Waals surface area contributed by atoms with Crippen LogP contribution in [-0.4, -0.2) is 54.5 Å². The first-order chi connectivity index (χ1) is 11.1. The molecule has 1 saturated heterocycles. The van der Waals surface area contributed by atoms with Gasteiger partial charge in [0.15, 0.2) is 0 Å². The Morgan fingerprint density at radius 3 is 2.52 bits per heavy atom. The zero-order valence-electron chi connectivity index (χ0n) is 14.1. The van der Waals surface area contributed by atoms with Crippen LogP contribution >= 0.6 is 0 Å². The van der Waals surface area contributed by atoms with E-state index in [0.717, 1.165) is 38.8 Å². The van der Waals surface area contributed by atoms with Crippen LogP contribution in [0.3, 0.4) is 0 Å². The molecule has 0 aliphatic carbocycles. The van der Waals surface area contributed by atoms with Crippen molar-refractivity contribution in [2.45, 2.75) is 38.6 Å². The number of nitrogens with one attached hydrogen (secondary N) is 1. The molecular formula is C18H27N3O2. The van der Waals surface area contributed by atoms with Gasteiger partial charge >= 0.3 is 6.03 Å². The molecule has 1 heterocycles. The molecule has 0 bridgehead atoms. The van der Waals surface area contributed by atoms with Gasteiger partial charge in [-0.15, -0.1) is 0 Å². The molecule has 0 spiro atoms. The van der Waals surface area contributed by atoms with Crippen LogP contribution in [0.2, 0.25) is 0 Å². The van der Waals surface area contributed by atoms with Gasteiger partial charge in [0.05, 0.1) is 0 Å². The number of nitrogens with zero attached hydrogens (tertiary/aromatic N) is 2. The molecule has 0 radical (unpaired) electrons. The lowest BCUT2D eigenvalue weighted by Gasteiger charge is -2.23. The van der Waals surface area contributed by atoms with Crippen LogP contribution in [0.25, 0.3) is 0 Å². The SMILES string of the molecule is C[C@H](CCc1ccccc1)NC(=O)N(C)CC(=O)N1CCCC1. The summed E-state index contributed by atoms with van der Waals surface area (Å²) in [6.07, 6.45) is 3.94. The quantitative estimate of drug-likeness (QED) is 0.875. The van der Waals surface area contributed by atoms with Gasteiger partial charge in [-0.3, -0.25) is 4.79 Å². The summed E-state index contributed by atoms with van der Waals surface area (Å²) in [4.78, 5) is 27.5. The smallest absolute Gasteiger partial charge is 0.317 e. The van der Waals surface area contributed by atoms with Gasteiger partial charge in [0.1, 0.15) is 6.54 Å². The third-order valence-electron chi connectivity index (χ3n) is 4.26. The highest BCUT2D eigenvalue weighted by Gasteiger charge is 2.21. The predicted molar refractivity (Wildman–Crippen MR) is 91.2 cm³/mol. The second kappa shape index (κ2) is 8.56. The number of benzene rings is 1. The molecule has 2 rings (SSSR count). The van der Waals surface area contributed by atoms with Crippen LogP contribution in [0.4, 0.5) is 4.79 Å². The van der Waals surface area contributed by atoms with Gasteiger partial charge in [0.2, 0.25) is 5.91 Å². The molecule has 1 fully saturated rings. The number of carbonyl (C=O) groups excluding carboxylic acids is 2. The normalized spacial score (nSPS) is 15.3. The number of amides is 3. The average molecular weight is 317 g/mol. The first-order valence-electron chi connectivity index (χ1n) is 8.39. The number of hydrogen-bond donors (Lipinski definition) is 1. The fraction of sp³-hybridized carbons (Fsp3) is 0.556. The van der Waals surface area contributed by atoms with Crippen LogP contribution < -0.4 is 5.32 Å². The molecule has 1 aromatic carbocycles. The molecule has 5 nitrogen and oxygen atoms in total. The number of likely N-dealkylation sites (N-methyl/N-ethyl adjacent to an activating group) is 1. The fourth-order valence-electron chi connectivity index (χ4n) is 2.76. The summed E-state index contributed by atoms with van der Waals surface area (Å²) in [5.74, 6) is 0.0390. The van der Waals surface area contributed by atoms with Crippen molar-refractivity contribution in [2.75, 3.05) is 26.7 Å². The van der Waals surface area contributed by atoms with Crippen LogP contribution in [0.1, 0.15) is 31.7 Å². The van der Waals surface area contributed by atoms with E-state index < -0.39 is 0 Å². The highest BCUT2D eigenvalue weighted by Crippen LogP contribution is 2.08. The Bertz CT molecular complexity index is 512. The lowest BCUT2D eigenvalue weighted by molar-refractivity contribution is -0.130. The number of hydrogen-bond acceptors (Lipinski definition) is 2. The van der Waals surface area contributed by atoms with Gasteiger partial charge in [-0.25, -0.2) is 4.79 Å². The van der Waals surface area contributed by atoms with Crippen molar-refractivity contribution in [3.05, 3.63) is 35.9 Å². The van der Waals surface area contributed by atoms with Crippen molar-refractivity contribution in [1.82, 2.24) is 15.1 Å². The minimum atomic E-state index is -0.182. The molecule has 1 aliphatic heterocycles. The highest BCUT2D eigenvalue weighted by molar-refractivity contribution is 5.84. The second-order valence-electron chi connectivity index (χ2n) is 6.32. The van der Waals surface area contributed by atoms with Crippen LogP contribution in [0.15, 0.2) is 30.3 Å². The lowest BCUT2D eigenvalue weighted by Crippen LogP contribution is -2.46. The van der Waals surface area contributed by atoms with E-state index in [4.69, 9.17) is 0 Å². The Kier molecular flexibility index (Phi) is 6.44. The molecule has 1 aliphatic rings. The van der Waals surface area contributed by atoms with Gasteiger partial charge in [0.25, 0.3) is 0 Å². The Balaban J connectivity index is 1.70. The van der Waals surface area contributed by atoms with Gasteiger partial charge in [-0.2, -0.15) is 0 Å².